The second-order valence-corrected chi connectivity index (χ2v) is 4.72. The molecule has 2 rings (SSSR count). The fourth-order valence-corrected chi connectivity index (χ4v) is 2.18. The van der Waals surface area contributed by atoms with Crippen molar-refractivity contribution in [2.24, 2.45) is 0 Å². The van der Waals surface area contributed by atoms with Gasteiger partial charge in [-0.15, -0.1) is 0 Å². The molecule has 4 heteroatoms. The van der Waals surface area contributed by atoms with E-state index in [0.29, 0.717) is 0 Å². The first-order valence-electron chi connectivity index (χ1n) is 7.02. The average Bonchev–Trinajstić information content (AvgIpc) is 3.20. The first-order chi connectivity index (χ1) is 8.83. The van der Waals surface area contributed by atoms with Crippen LogP contribution in [-0.4, -0.2) is 42.1 Å². The summed E-state index contributed by atoms with van der Waals surface area (Å²) in [5.74, 6) is 1.90. The van der Waals surface area contributed by atoms with Gasteiger partial charge in [0.15, 0.2) is 0 Å². The summed E-state index contributed by atoms with van der Waals surface area (Å²) in [4.78, 5) is 7.05. The molecule has 0 aliphatic heterocycles. The molecule has 0 aromatic carbocycles. The number of anilines is 2. The predicted octanol–water partition coefficient (Wildman–Crippen LogP) is 2.41. The van der Waals surface area contributed by atoms with E-state index >= 15 is 0 Å². The summed E-state index contributed by atoms with van der Waals surface area (Å²) in [6, 6.07) is 6.90. The molecule has 0 radical (unpaired) electrons. The minimum atomic E-state index is 0.845. The van der Waals surface area contributed by atoms with Crippen LogP contribution in [0.15, 0.2) is 18.2 Å². The van der Waals surface area contributed by atoms with Crippen LogP contribution in [0.3, 0.4) is 0 Å². The van der Waals surface area contributed by atoms with Crippen molar-refractivity contribution in [2.75, 3.05) is 36.8 Å². The van der Waals surface area contributed by atoms with Crippen LogP contribution in [-0.2, 0) is 0 Å². The van der Waals surface area contributed by atoms with Crippen molar-refractivity contribution < 1.29 is 0 Å². The van der Waals surface area contributed by atoms with E-state index in [9.17, 15) is 0 Å². The van der Waals surface area contributed by atoms with Gasteiger partial charge in [-0.3, -0.25) is 4.90 Å². The highest BCUT2D eigenvalue weighted by Gasteiger charge is 2.26. The molecule has 18 heavy (non-hydrogen) atoms. The number of nitrogens with one attached hydrogen (secondary N) is 2. The zero-order valence-electron chi connectivity index (χ0n) is 11.4. The summed E-state index contributed by atoms with van der Waals surface area (Å²) in [6.07, 6.45) is 2.75. The Kier molecular flexibility index (Phi) is 4.81. The smallest absolute Gasteiger partial charge is 0.128 e. The van der Waals surface area contributed by atoms with E-state index in [2.05, 4.69) is 34.4 Å². The molecule has 1 aromatic rings. The number of hydrogen-bond donors (Lipinski definition) is 2. The molecular weight excluding hydrogens is 224 g/mol. The zero-order valence-corrected chi connectivity index (χ0v) is 11.4. The van der Waals surface area contributed by atoms with Gasteiger partial charge in [-0.1, -0.05) is 13.0 Å². The Morgan fingerprint density at radius 3 is 2.56 bits per heavy atom. The van der Waals surface area contributed by atoms with E-state index in [0.717, 1.165) is 43.9 Å². The van der Waals surface area contributed by atoms with Crippen molar-refractivity contribution in [3.05, 3.63) is 18.2 Å². The molecule has 100 valence electrons. The van der Waals surface area contributed by atoms with Crippen molar-refractivity contribution in [1.82, 2.24) is 9.88 Å². The van der Waals surface area contributed by atoms with Gasteiger partial charge < -0.3 is 10.6 Å². The van der Waals surface area contributed by atoms with Crippen molar-refractivity contribution in [3.63, 3.8) is 0 Å². The van der Waals surface area contributed by atoms with E-state index in [4.69, 9.17) is 0 Å². The Hall–Kier alpha value is -1.29. The van der Waals surface area contributed by atoms with Gasteiger partial charge in [0.25, 0.3) is 0 Å². The highest BCUT2D eigenvalue weighted by Crippen LogP contribution is 2.25. The molecule has 1 saturated carbocycles. The Morgan fingerprint density at radius 1 is 1.22 bits per heavy atom. The fraction of sp³-hybridized carbons (Fsp3) is 0.643. The van der Waals surface area contributed by atoms with Crippen LogP contribution in [0.4, 0.5) is 11.6 Å². The number of pyridine rings is 1. The minimum absolute atomic E-state index is 0.845. The van der Waals surface area contributed by atoms with E-state index in [-0.39, 0.29) is 0 Å². The second kappa shape index (κ2) is 6.59. The lowest BCUT2D eigenvalue weighted by Gasteiger charge is -2.20. The Labute approximate surface area is 110 Å². The van der Waals surface area contributed by atoms with Crippen LogP contribution in [0.25, 0.3) is 0 Å². The molecule has 1 aliphatic carbocycles. The quantitative estimate of drug-likeness (QED) is 0.741. The number of hydrogen-bond acceptors (Lipinski definition) is 4. The molecule has 0 amide bonds. The maximum absolute atomic E-state index is 4.50. The Bertz CT molecular complexity index is 363. The maximum atomic E-state index is 4.50. The van der Waals surface area contributed by atoms with Crippen molar-refractivity contribution >= 4 is 11.6 Å². The van der Waals surface area contributed by atoms with Crippen LogP contribution in [0.1, 0.15) is 26.7 Å². The third-order valence-electron chi connectivity index (χ3n) is 3.28. The summed E-state index contributed by atoms with van der Waals surface area (Å²) in [7, 11) is 0. The first-order valence-corrected chi connectivity index (χ1v) is 7.02. The molecule has 4 nitrogen and oxygen atoms in total. The van der Waals surface area contributed by atoms with Gasteiger partial charge in [0, 0.05) is 25.7 Å². The molecule has 1 aliphatic rings. The molecule has 1 fully saturated rings. The van der Waals surface area contributed by atoms with Crippen LogP contribution >= 0.6 is 0 Å². The zero-order chi connectivity index (χ0) is 12.8. The molecule has 1 aromatic heterocycles. The van der Waals surface area contributed by atoms with E-state index < -0.39 is 0 Å². The standard InChI is InChI=1S/C14H24N4/c1-3-15-13-6-5-7-14(17-13)16-10-11-18(4-2)12-8-9-12/h5-7,12H,3-4,8-11H2,1-2H3,(H2,15,16,17). The summed E-state index contributed by atoms with van der Waals surface area (Å²) in [5, 5.41) is 6.62. The van der Waals surface area contributed by atoms with Gasteiger partial charge >= 0.3 is 0 Å². The van der Waals surface area contributed by atoms with E-state index in [1.165, 1.54) is 12.8 Å². The Morgan fingerprint density at radius 2 is 1.94 bits per heavy atom. The van der Waals surface area contributed by atoms with Gasteiger partial charge in [-0.2, -0.15) is 0 Å². The number of rotatable bonds is 8. The monoisotopic (exact) mass is 248 g/mol. The lowest BCUT2D eigenvalue weighted by Crippen LogP contribution is -2.31. The molecular formula is C14H24N4. The van der Waals surface area contributed by atoms with Crippen LogP contribution in [0, 0.1) is 0 Å². The van der Waals surface area contributed by atoms with Crippen LogP contribution in [0.2, 0.25) is 0 Å². The number of likely N-dealkylation sites (N-methyl/N-ethyl adjacent to an activating group) is 1. The van der Waals surface area contributed by atoms with Gasteiger partial charge in [-0.05, 0) is 38.4 Å². The lowest BCUT2D eigenvalue weighted by atomic mass is 10.4. The third kappa shape index (κ3) is 3.88. The molecule has 0 spiro atoms. The van der Waals surface area contributed by atoms with Crippen molar-refractivity contribution in [1.29, 1.82) is 0 Å². The van der Waals surface area contributed by atoms with Crippen LogP contribution in [0.5, 0.6) is 0 Å². The summed E-state index contributed by atoms with van der Waals surface area (Å²) in [6.45, 7) is 8.44. The van der Waals surface area contributed by atoms with Gasteiger partial charge in [-0.25, -0.2) is 4.98 Å². The Balaban J connectivity index is 1.76. The SMILES string of the molecule is CCNc1cccc(NCCN(CC)C2CC2)n1. The topological polar surface area (TPSA) is 40.2 Å². The largest absolute Gasteiger partial charge is 0.370 e. The van der Waals surface area contributed by atoms with Crippen molar-refractivity contribution in [3.8, 4) is 0 Å². The predicted molar refractivity (Wildman–Crippen MR) is 77.2 cm³/mol. The summed E-state index contributed by atoms with van der Waals surface area (Å²) >= 11 is 0. The molecule has 0 bridgehead atoms. The maximum Gasteiger partial charge on any atom is 0.128 e. The van der Waals surface area contributed by atoms with Crippen LogP contribution < -0.4 is 10.6 Å². The summed E-state index contributed by atoms with van der Waals surface area (Å²) < 4.78 is 0. The van der Waals surface area contributed by atoms with Gasteiger partial charge in [0.1, 0.15) is 11.6 Å². The first kappa shape index (κ1) is 13.1. The molecule has 0 atom stereocenters. The molecule has 1 heterocycles. The molecule has 0 unspecified atom stereocenters. The number of aromatic nitrogens is 1. The molecule has 0 saturated heterocycles. The lowest BCUT2D eigenvalue weighted by molar-refractivity contribution is 0.289. The summed E-state index contributed by atoms with van der Waals surface area (Å²) in [5.41, 5.74) is 0. The molecule has 2 N–H and O–H groups in total. The highest BCUT2D eigenvalue weighted by molar-refractivity contribution is 5.44. The fourth-order valence-electron chi connectivity index (χ4n) is 2.18. The van der Waals surface area contributed by atoms with E-state index in [1.54, 1.807) is 0 Å². The van der Waals surface area contributed by atoms with E-state index in [1.807, 2.05) is 18.2 Å². The normalized spacial score (nSPS) is 14.8. The third-order valence-corrected chi connectivity index (χ3v) is 3.28. The highest BCUT2D eigenvalue weighted by atomic mass is 15.2. The van der Waals surface area contributed by atoms with Gasteiger partial charge in [0.05, 0.1) is 0 Å². The average molecular weight is 248 g/mol. The second-order valence-electron chi connectivity index (χ2n) is 4.72. The van der Waals surface area contributed by atoms with Gasteiger partial charge in [0.2, 0.25) is 0 Å². The minimum Gasteiger partial charge on any atom is -0.370 e. The number of nitrogens with zero attached hydrogens (tertiary/aromatic N) is 2. The van der Waals surface area contributed by atoms with Crippen molar-refractivity contribution in [2.45, 2.75) is 32.7 Å².